The van der Waals surface area contributed by atoms with Crippen LogP contribution < -0.4 is 16.0 Å². The highest BCUT2D eigenvalue weighted by Crippen LogP contribution is 2.31. The first-order valence-corrected chi connectivity index (χ1v) is 9.84. The highest BCUT2D eigenvalue weighted by molar-refractivity contribution is 7.80. The number of thiocarbonyl (C=S) groups is 1. The van der Waals surface area contributed by atoms with Crippen LogP contribution in [0.15, 0.2) is 42.5 Å². The van der Waals surface area contributed by atoms with Gasteiger partial charge < -0.3 is 16.0 Å². The molecule has 0 bridgehead atoms. The maximum Gasteiger partial charge on any atom is 0.253 e. The Labute approximate surface area is 187 Å². The zero-order valence-electron chi connectivity index (χ0n) is 13.8. The summed E-state index contributed by atoms with van der Waals surface area (Å²) in [6, 6.07) is 12.0. The highest BCUT2D eigenvalue weighted by Gasteiger charge is 2.35. The fourth-order valence-corrected chi connectivity index (χ4v) is 3.17. The Hall–Kier alpha value is -0.950. The molecular formula is C17H14Cl5N3OS. The summed E-state index contributed by atoms with van der Waals surface area (Å²) in [5, 5.41) is 9.00. The van der Waals surface area contributed by atoms with E-state index in [2.05, 4.69) is 16.0 Å². The van der Waals surface area contributed by atoms with E-state index in [1.807, 2.05) is 6.07 Å². The Morgan fingerprint density at radius 3 is 2.15 bits per heavy atom. The molecule has 0 heterocycles. The summed E-state index contributed by atoms with van der Waals surface area (Å²) in [6.45, 7) is 1.80. The predicted octanol–water partition coefficient (Wildman–Crippen LogP) is 5.71. The summed E-state index contributed by atoms with van der Waals surface area (Å²) in [7, 11) is 0. The first-order chi connectivity index (χ1) is 12.6. The van der Waals surface area contributed by atoms with E-state index in [9.17, 15) is 4.79 Å². The van der Waals surface area contributed by atoms with Gasteiger partial charge in [-0.25, -0.2) is 0 Å². The highest BCUT2D eigenvalue weighted by atomic mass is 35.6. The van der Waals surface area contributed by atoms with Crippen LogP contribution >= 0.6 is 70.2 Å². The van der Waals surface area contributed by atoms with Crippen LogP contribution in [0.1, 0.15) is 15.9 Å². The molecule has 2 aromatic rings. The number of hydrogen-bond donors (Lipinski definition) is 3. The standard InChI is InChI=1S/C17H14Cl5N3OS/c1-9-5-2-3-6-10(9)14(26)24-15(17(20,21)22)25-16(27)23-13-11(18)7-4-8-12(13)19/h2-8,15H,1H3,(H,24,26)(H2,23,25,27). The van der Waals surface area contributed by atoms with Crippen molar-refractivity contribution in [2.75, 3.05) is 5.32 Å². The summed E-state index contributed by atoms with van der Waals surface area (Å²) in [4.78, 5) is 12.5. The van der Waals surface area contributed by atoms with Gasteiger partial charge in [0.25, 0.3) is 5.91 Å². The predicted molar refractivity (Wildman–Crippen MR) is 119 cm³/mol. The smallest absolute Gasteiger partial charge is 0.253 e. The Balaban J connectivity index is 2.14. The van der Waals surface area contributed by atoms with E-state index in [1.165, 1.54) is 0 Å². The van der Waals surface area contributed by atoms with Crippen LogP contribution in [0.3, 0.4) is 0 Å². The largest absolute Gasteiger partial charge is 0.339 e. The maximum absolute atomic E-state index is 12.5. The zero-order valence-corrected chi connectivity index (χ0v) is 18.4. The number of hydrogen-bond acceptors (Lipinski definition) is 2. The lowest BCUT2D eigenvalue weighted by Gasteiger charge is -2.28. The minimum atomic E-state index is -1.88. The molecule has 3 N–H and O–H groups in total. The number of para-hydroxylation sites is 1. The minimum absolute atomic E-state index is 0.0615. The van der Waals surface area contributed by atoms with Gasteiger partial charge in [0.2, 0.25) is 3.79 Å². The van der Waals surface area contributed by atoms with Crippen LogP contribution in [-0.4, -0.2) is 21.0 Å². The van der Waals surface area contributed by atoms with Gasteiger partial charge in [-0.2, -0.15) is 0 Å². The molecule has 4 nitrogen and oxygen atoms in total. The van der Waals surface area contributed by atoms with Gasteiger partial charge in [-0.05, 0) is 42.9 Å². The molecule has 0 saturated heterocycles. The normalized spacial score (nSPS) is 12.2. The average Bonchev–Trinajstić information content (AvgIpc) is 2.57. The molecule has 1 amide bonds. The number of amides is 1. The van der Waals surface area contributed by atoms with E-state index in [0.29, 0.717) is 21.3 Å². The third-order valence-electron chi connectivity index (χ3n) is 3.47. The molecule has 2 rings (SSSR count). The van der Waals surface area contributed by atoms with E-state index in [1.54, 1.807) is 43.3 Å². The van der Waals surface area contributed by atoms with Gasteiger partial charge in [-0.3, -0.25) is 4.79 Å². The molecule has 0 aromatic heterocycles. The summed E-state index contributed by atoms with van der Waals surface area (Å²) in [6.07, 6.45) is -1.11. The molecule has 10 heteroatoms. The average molecular weight is 486 g/mol. The van der Waals surface area contributed by atoms with E-state index in [-0.39, 0.29) is 5.11 Å². The van der Waals surface area contributed by atoms with Gasteiger partial charge in [-0.1, -0.05) is 82.3 Å². The van der Waals surface area contributed by atoms with E-state index < -0.39 is 15.9 Å². The summed E-state index contributed by atoms with van der Waals surface area (Å²) in [5.74, 6) is -0.421. The van der Waals surface area contributed by atoms with Crippen LogP contribution in [0.25, 0.3) is 0 Å². The quantitative estimate of drug-likeness (QED) is 0.295. The molecule has 0 fully saturated rings. The van der Waals surface area contributed by atoms with Crippen molar-refractivity contribution in [3.05, 3.63) is 63.6 Å². The minimum Gasteiger partial charge on any atom is -0.339 e. The van der Waals surface area contributed by atoms with Gasteiger partial charge in [0, 0.05) is 5.56 Å². The Morgan fingerprint density at radius 2 is 1.59 bits per heavy atom. The number of carbonyl (C=O) groups is 1. The number of halogens is 5. The first kappa shape index (κ1) is 22.3. The molecular weight excluding hydrogens is 472 g/mol. The van der Waals surface area contributed by atoms with Crippen LogP contribution in [0.2, 0.25) is 10.0 Å². The van der Waals surface area contributed by atoms with Crippen molar-refractivity contribution in [1.82, 2.24) is 10.6 Å². The molecule has 144 valence electrons. The number of benzene rings is 2. The second-order valence-corrected chi connectivity index (χ2v) is 9.05. The molecule has 0 saturated carbocycles. The van der Waals surface area contributed by atoms with Crippen molar-refractivity contribution in [3.8, 4) is 0 Å². The van der Waals surface area contributed by atoms with Crippen LogP contribution in [0.4, 0.5) is 5.69 Å². The second-order valence-electron chi connectivity index (χ2n) is 5.46. The second kappa shape index (κ2) is 9.50. The lowest BCUT2D eigenvalue weighted by atomic mass is 10.1. The first-order valence-electron chi connectivity index (χ1n) is 7.54. The Bertz CT molecular complexity index is 836. The topological polar surface area (TPSA) is 53.2 Å². The van der Waals surface area contributed by atoms with Crippen molar-refractivity contribution >= 4 is 86.9 Å². The molecule has 27 heavy (non-hydrogen) atoms. The van der Waals surface area contributed by atoms with E-state index in [4.69, 9.17) is 70.2 Å². The summed E-state index contributed by atoms with van der Waals surface area (Å²) >= 11 is 35.4. The third-order valence-corrected chi connectivity index (χ3v) is 4.97. The maximum atomic E-state index is 12.5. The van der Waals surface area contributed by atoms with Gasteiger partial charge in [0.15, 0.2) is 5.11 Å². The number of anilines is 1. The van der Waals surface area contributed by atoms with Crippen molar-refractivity contribution in [2.24, 2.45) is 0 Å². The number of aryl methyl sites for hydroxylation is 1. The van der Waals surface area contributed by atoms with Gasteiger partial charge >= 0.3 is 0 Å². The number of alkyl halides is 3. The number of nitrogens with one attached hydrogen (secondary N) is 3. The molecule has 0 aliphatic carbocycles. The monoisotopic (exact) mass is 483 g/mol. The molecule has 0 aliphatic rings. The molecule has 0 aliphatic heterocycles. The molecule has 2 aromatic carbocycles. The van der Waals surface area contributed by atoms with Crippen LogP contribution in [0, 0.1) is 6.92 Å². The van der Waals surface area contributed by atoms with Gasteiger partial charge in [0.1, 0.15) is 6.17 Å². The third kappa shape index (κ3) is 6.28. The van der Waals surface area contributed by atoms with Crippen LogP contribution in [-0.2, 0) is 0 Å². The lowest BCUT2D eigenvalue weighted by molar-refractivity contribution is 0.0934. The fourth-order valence-electron chi connectivity index (χ4n) is 2.13. The van der Waals surface area contributed by atoms with Gasteiger partial charge in [0.05, 0.1) is 15.7 Å². The molecule has 1 unspecified atom stereocenters. The molecule has 1 atom stereocenters. The summed E-state index contributed by atoms with van der Waals surface area (Å²) < 4.78 is -1.88. The molecule has 0 spiro atoms. The summed E-state index contributed by atoms with van der Waals surface area (Å²) in [5.41, 5.74) is 1.62. The van der Waals surface area contributed by atoms with Gasteiger partial charge in [-0.15, -0.1) is 0 Å². The van der Waals surface area contributed by atoms with Crippen molar-refractivity contribution < 1.29 is 4.79 Å². The van der Waals surface area contributed by atoms with Crippen molar-refractivity contribution in [1.29, 1.82) is 0 Å². The van der Waals surface area contributed by atoms with Crippen molar-refractivity contribution in [2.45, 2.75) is 16.9 Å². The number of rotatable bonds is 4. The molecule has 0 radical (unpaired) electrons. The lowest BCUT2D eigenvalue weighted by Crippen LogP contribution is -2.56. The van der Waals surface area contributed by atoms with Crippen LogP contribution in [0.5, 0.6) is 0 Å². The zero-order chi connectivity index (χ0) is 20.2. The SMILES string of the molecule is Cc1ccccc1C(=O)NC(NC(=S)Nc1c(Cl)cccc1Cl)C(Cl)(Cl)Cl. The Morgan fingerprint density at radius 1 is 1.00 bits per heavy atom. The fraction of sp³-hybridized carbons (Fsp3) is 0.176. The Kier molecular flexibility index (Phi) is 7.86. The van der Waals surface area contributed by atoms with E-state index in [0.717, 1.165) is 5.56 Å². The van der Waals surface area contributed by atoms with Crippen molar-refractivity contribution in [3.63, 3.8) is 0 Å². The number of carbonyl (C=O) groups excluding carboxylic acids is 1. The van der Waals surface area contributed by atoms with E-state index >= 15 is 0 Å².